The third-order valence-corrected chi connectivity index (χ3v) is 4.85. The summed E-state index contributed by atoms with van der Waals surface area (Å²) in [4.78, 5) is 2.57. The predicted octanol–water partition coefficient (Wildman–Crippen LogP) is 3.46. The van der Waals surface area contributed by atoms with Gasteiger partial charge < -0.3 is 10.2 Å². The molecule has 0 aliphatic carbocycles. The fourth-order valence-corrected chi connectivity index (χ4v) is 3.70. The molecule has 2 aliphatic heterocycles. The number of anilines is 1. The van der Waals surface area contributed by atoms with Crippen molar-refractivity contribution >= 4 is 5.69 Å². The summed E-state index contributed by atoms with van der Waals surface area (Å²) in [6.45, 7) is 8.34. The zero-order valence-corrected chi connectivity index (χ0v) is 11.6. The molecule has 1 unspecified atom stereocenters. The van der Waals surface area contributed by atoms with Crippen LogP contribution in [0.5, 0.6) is 0 Å². The first kappa shape index (κ1) is 12.0. The first-order valence-corrected chi connectivity index (χ1v) is 7.32. The number of likely N-dealkylation sites (tertiary alicyclic amines) is 1. The molecular formula is C16H24N2. The molecule has 0 radical (unpaired) electrons. The predicted molar refractivity (Wildman–Crippen MR) is 77.2 cm³/mol. The summed E-state index contributed by atoms with van der Waals surface area (Å²) < 4.78 is 0. The standard InChI is InChI=1S/C16H24N2/c1-3-18-10-8-16(9-11-18)12-13(2)14-6-4-5-7-15(14)17-16/h4-7,13,17H,3,8-12H2,1-2H3. The molecule has 1 N–H and O–H groups in total. The Kier molecular flexibility index (Phi) is 3.06. The van der Waals surface area contributed by atoms with Crippen LogP contribution in [0.3, 0.4) is 0 Å². The van der Waals surface area contributed by atoms with Gasteiger partial charge in [-0.15, -0.1) is 0 Å². The molecule has 0 saturated carbocycles. The number of hydrogen-bond acceptors (Lipinski definition) is 2. The lowest BCUT2D eigenvalue weighted by molar-refractivity contribution is 0.166. The van der Waals surface area contributed by atoms with Gasteiger partial charge in [0.2, 0.25) is 0 Å². The highest BCUT2D eigenvalue weighted by Crippen LogP contribution is 2.43. The Morgan fingerprint density at radius 2 is 2.00 bits per heavy atom. The average Bonchev–Trinajstić information content (AvgIpc) is 2.40. The summed E-state index contributed by atoms with van der Waals surface area (Å²) in [6, 6.07) is 8.84. The third-order valence-electron chi connectivity index (χ3n) is 4.85. The van der Waals surface area contributed by atoms with Gasteiger partial charge in [0.1, 0.15) is 0 Å². The third kappa shape index (κ3) is 2.03. The Balaban J connectivity index is 1.81. The van der Waals surface area contributed by atoms with Gasteiger partial charge >= 0.3 is 0 Å². The van der Waals surface area contributed by atoms with Crippen LogP contribution in [-0.4, -0.2) is 30.1 Å². The molecule has 0 bridgehead atoms. The largest absolute Gasteiger partial charge is 0.379 e. The number of para-hydroxylation sites is 1. The zero-order valence-electron chi connectivity index (χ0n) is 11.6. The summed E-state index contributed by atoms with van der Waals surface area (Å²) >= 11 is 0. The van der Waals surface area contributed by atoms with Crippen molar-refractivity contribution in [3.05, 3.63) is 29.8 Å². The van der Waals surface area contributed by atoms with E-state index in [1.54, 1.807) is 0 Å². The second kappa shape index (κ2) is 4.58. The molecule has 1 aromatic carbocycles. The molecular weight excluding hydrogens is 220 g/mol. The van der Waals surface area contributed by atoms with Gasteiger partial charge in [-0.3, -0.25) is 0 Å². The van der Waals surface area contributed by atoms with Crippen molar-refractivity contribution in [2.75, 3.05) is 25.0 Å². The maximum Gasteiger partial charge on any atom is 0.0404 e. The van der Waals surface area contributed by atoms with E-state index >= 15 is 0 Å². The monoisotopic (exact) mass is 244 g/mol. The maximum atomic E-state index is 3.86. The highest BCUT2D eigenvalue weighted by Gasteiger charge is 2.39. The lowest BCUT2D eigenvalue weighted by Crippen LogP contribution is -2.51. The molecule has 0 amide bonds. The lowest BCUT2D eigenvalue weighted by atomic mass is 9.74. The van der Waals surface area contributed by atoms with E-state index < -0.39 is 0 Å². The number of nitrogens with one attached hydrogen (secondary N) is 1. The normalized spacial score (nSPS) is 26.7. The van der Waals surface area contributed by atoms with Crippen LogP contribution in [-0.2, 0) is 0 Å². The van der Waals surface area contributed by atoms with Crippen molar-refractivity contribution in [2.24, 2.45) is 0 Å². The number of piperidine rings is 1. The van der Waals surface area contributed by atoms with Crippen LogP contribution in [0, 0.1) is 0 Å². The van der Waals surface area contributed by atoms with Gasteiger partial charge in [0.25, 0.3) is 0 Å². The van der Waals surface area contributed by atoms with Crippen molar-refractivity contribution in [2.45, 2.75) is 44.6 Å². The van der Waals surface area contributed by atoms with Crippen molar-refractivity contribution in [1.29, 1.82) is 0 Å². The van der Waals surface area contributed by atoms with Gasteiger partial charge in [-0.25, -0.2) is 0 Å². The zero-order chi connectivity index (χ0) is 12.6. The lowest BCUT2D eigenvalue weighted by Gasteiger charge is -2.47. The van der Waals surface area contributed by atoms with Crippen LogP contribution < -0.4 is 5.32 Å². The van der Waals surface area contributed by atoms with E-state index in [1.165, 1.54) is 50.1 Å². The van der Waals surface area contributed by atoms with Crippen LogP contribution in [0.25, 0.3) is 0 Å². The van der Waals surface area contributed by atoms with Crippen molar-refractivity contribution in [3.8, 4) is 0 Å². The number of rotatable bonds is 1. The molecule has 2 aliphatic rings. The minimum Gasteiger partial charge on any atom is -0.379 e. The molecule has 2 heteroatoms. The Hall–Kier alpha value is -1.02. The van der Waals surface area contributed by atoms with E-state index in [1.807, 2.05) is 0 Å². The second-order valence-electron chi connectivity index (χ2n) is 6.03. The molecule has 2 heterocycles. The van der Waals surface area contributed by atoms with Gasteiger partial charge in [-0.1, -0.05) is 32.0 Å². The first-order valence-electron chi connectivity index (χ1n) is 7.32. The molecule has 1 spiro atoms. The average molecular weight is 244 g/mol. The molecule has 0 aromatic heterocycles. The highest BCUT2D eigenvalue weighted by atomic mass is 15.2. The van der Waals surface area contributed by atoms with Crippen LogP contribution in [0.2, 0.25) is 0 Å². The number of nitrogens with zero attached hydrogens (tertiary/aromatic N) is 1. The van der Waals surface area contributed by atoms with Crippen LogP contribution in [0.4, 0.5) is 5.69 Å². The molecule has 2 nitrogen and oxygen atoms in total. The Morgan fingerprint density at radius 3 is 2.72 bits per heavy atom. The van der Waals surface area contributed by atoms with Crippen molar-refractivity contribution < 1.29 is 0 Å². The van der Waals surface area contributed by atoms with Crippen LogP contribution in [0.1, 0.15) is 44.6 Å². The quantitative estimate of drug-likeness (QED) is 0.814. The summed E-state index contributed by atoms with van der Waals surface area (Å²) in [6.07, 6.45) is 3.88. The van der Waals surface area contributed by atoms with E-state index in [0.29, 0.717) is 11.5 Å². The van der Waals surface area contributed by atoms with Gasteiger partial charge in [0.05, 0.1) is 0 Å². The fraction of sp³-hybridized carbons (Fsp3) is 0.625. The summed E-state index contributed by atoms with van der Waals surface area (Å²) in [5.41, 5.74) is 3.24. The van der Waals surface area contributed by atoms with Gasteiger partial charge in [-0.2, -0.15) is 0 Å². The highest BCUT2D eigenvalue weighted by molar-refractivity contribution is 5.57. The SMILES string of the molecule is CCN1CCC2(CC1)CC(C)c1ccccc1N2. The van der Waals surface area contributed by atoms with E-state index in [9.17, 15) is 0 Å². The Bertz CT molecular complexity index is 419. The Morgan fingerprint density at radius 1 is 1.28 bits per heavy atom. The smallest absolute Gasteiger partial charge is 0.0404 e. The topological polar surface area (TPSA) is 15.3 Å². The Labute approximate surface area is 110 Å². The molecule has 1 atom stereocenters. The van der Waals surface area contributed by atoms with E-state index in [0.717, 1.165) is 0 Å². The number of benzene rings is 1. The van der Waals surface area contributed by atoms with Gasteiger partial charge in [0.15, 0.2) is 0 Å². The van der Waals surface area contributed by atoms with Gasteiger partial charge in [0, 0.05) is 24.3 Å². The van der Waals surface area contributed by atoms with E-state index in [2.05, 4.69) is 48.3 Å². The summed E-state index contributed by atoms with van der Waals surface area (Å²) in [5.74, 6) is 0.690. The number of fused-ring (bicyclic) bond motifs is 1. The van der Waals surface area contributed by atoms with Crippen molar-refractivity contribution in [3.63, 3.8) is 0 Å². The summed E-state index contributed by atoms with van der Waals surface area (Å²) in [5, 5.41) is 3.86. The molecule has 18 heavy (non-hydrogen) atoms. The number of hydrogen-bond donors (Lipinski definition) is 1. The van der Waals surface area contributed by atoms with Gasteiger partial charge in [-0.05, 0) is 43.4 Å². The fourth-order valence-electron chi connectivity index (χ4n) is 3.70. The van der Waals surface area contributed by atoms with E-state index in [4.69, 9.17) is 0 Å². The van der Waals surface area contributed by atoms with Crippen LogP contribution >= 0.6 is 0 Å². The molecule has 3 rings (SSSR count). The summed E-state index contributed by atoms with van der Waals surface area (Å²) in [7, 11) is 0. The molecule has 1 aromatic rings. The van der Waals surface area contributed by atoms with Crippen molar-refractivity contribution in [1.82, 2.24) is 4.90 Å². The minimum atomic E-state index is 0.361. The van der Waals surface area contributed by atoms with Crippen LogP contribution in [0.15, 0.2) is 24.3 Å². The maximum absolute atomic E-state index is 3.86. The second-order valence-corrected chi connectivity index (χ2v) is 6.03. The molecule has 1 saturated heterocycles. The van der Waals surface area contributed by atoms with E-state index in [-0.39, 0.29) is 0 Å². The molecule has 1 fully saturated rings. The minimum absolute atomic E-state index is 0.361. The molecule has 98 valence electrons. The first-order chi connectivity index (χ1) is 8.72.